The van der Waals surface area contributed by atoms with Gasteiger partial charge < -0.3 is 21.5 Å². The Kier molecular flexibility index (Phi) is 8.70. The fourth-order valence-corrected chi connectivity index (χ4v) is 0.951. The van der Waals surface area contributed by atoms with Crippen LogP contribution in [0, 0.1) is 0 Å². The highest BCUT2D eigenvalue weighted by molar-refractivity contribution is 5.77. The quantitative estimate of drug-likeness (QED) is 0.419. The molecule has 0 unspecified atom stereocenters. The standard InChI is InChI=1S/C9H19N3O3/c10-4-6-15-7-9(14)12-5-2-1-3-8(11)13/h1-7,10H2,(H2,11,13)(H,12,14). The van der Waals surface area contributed by atoms with Crippen LogP contribution >= 0.6 is 0 Å². The molecule has 0 radical (unpaired) electrons. The number of unbranched alkanes of at least 4 members (excludes halogenated alkanes) is 1. The van der Waals surface area contributed by atoms with Crippen LogP contribution < -0.4 is 16.8 Å². The molecule has 88 valence electrons. The lowest BCUT2D eigenvalue weighted by Crippen LogP contribution is -2.29. The molecule has 0 bridgehead atoms. The zero-order valence-electron chi connectivity index (χ0n) is 8.83. The molecule has 0 aromatic rings. The summed E-state index contributed by atoms with van der Waals surface area (Å²) in [6.45, 7) is 1.37. The number of carbonyl (C=O) groups is 2. The van der Waals surface area contributed by atoms with Gasteiger partial charge in [-0.15, -0.1) is 0 Å². The van der Waals surface area contributed by atoms with Gasteiger partial charge in [-0.05, 0) is 12.8 Å². The molecule has 0 spiro atoms. The van der Waals surface area contributed by atoms with Crippen LogP contribution in [-0.2, 0) is 14.3 Å². The van der Waals surface area contributed by atoms with Crippen molar-refractivity contribution in [2.45, 2.75) is 19.3 Å². The maximum Gasteiger partial charge on any atom is 0.245 e. The normalized spacial score (nSPS) is 9.93. The number of hydrogen-bond donors (Lipinski definition) is 3. The number of nitrogens with two attached hydrogens (primary N) is 2. The molecule has 6 heteroatoms. The number of hydrogen-bond acceptors (Lipinski definition) is 4. The molecule has 0 aliphatic heterocycles. The van der Waals surface area contributed by atoms with E-state index in [-0.39, 0.29) is 18.4 Å². The first-order valence-corrected chi connectivity index (χ1v) is 4.99. The van der Waals surface area contributed by atoms with Crippen LogP contribution in [0.1, 0.15) is 19.3 Å². The van der Waals surface area contributed by atoms with Gasteiger partial charge in [-0.2, -0.15) is 0 Å². The molecule has 0 aromatic carbocycles. The molecular weight excluding hydrogens is 198 g/mol. The number of nitrogens with one attached hydrogen (secondary N) is 1. The molecule has 15 heavy (non-hydrogen) atoms. The number of primary amides is 1. The minimum Gasteiger partial charge on any atom is -0.370 e. The van der Waals surface area contributed by atoms with Crippen LogP contribution in [0.25, 0.3) is 0 Å². The van der Waals surface area contributed by atoms with E-state index in [0.29, 0.717) is 32.5 Å². The van der Waals surface area contributed by atoms with Crippen molar-refractivity contribution in [3.05, 3.63) is 0 Å². The van der Waals surface area contributed by atoms with Gasteiger partial charge >= 0.3 is 0 Å². The summed E-state index contributed by atoms with van der Waals surface area (Å²) < 4.78 is 4.93. The Morgan fingerprint density at radius 3 is 2.60 bits per heavy atom. The topological polar surface area (TPSA) is 107 Å². The molecule has 0 saturated carbocycles. The third kappa shape index (κ3) is 10.8. The lowest BCUT2D eigenvalue weighted by atomic mass is 10.2. The molecule has 5 N–H and O–H groups in total. The van der Waals surface area contributed by atoms with Gasteiger partial charge in [0.15, 0.2) is 0 Å². The third-order valence-electron chi connectivity index (χ3n) is 1.67. The largest absolute Gasteiger partial charge is 0.370 e. The van der Waals surface area contributed by atoms with E-state index in [4.69, 9.17) is 16.2 Å². The van der Waals surface area contributed by atoms with Crippen molar-refractivity contribution in [3.63, 3.8) is 0 Å². The summed E-state index contributed by atoms with van der Waals surface area (Å²) in [5.74, 6) is -0.477. The summed E-state index contributed by atoms with van der Waals surface area (Å²) in [6.07, 6.45) is 1.80. The molecular formula is C9H19N3O3. The summed E-state index contributed by atoms with van der Waals surface area (Å²) in [4.78, 5) is 21.4. The van der Waals surface area contributed by atoms with E-state index >= 15 is 0 Å². The maximum atomic E-state index is 11.0. The lowest BCUT2D eigenvalue weighted by Gasteiger charge is -2.04. The minimum absolute atomic E-state index is 0.0347. The van der Waals surface area contributed by atoms with E-state index in [2.05, 4.69) is 5.32 Å². The van der Waals surface area contributed by atoms with E-state index in [1.165, 1.54) is 0 Å². The molecule has 6 nitrogen and oxygen atoms in total. The van der Waals surface area contributed by atoms with E-state index < -0.39 is 0 Å². The molecule has 0 aromatic heterocycles. The van der Waals surface area contributed by atoms with Crippen molar-refractivity contribution in [1.29, 1.82) is 0 Å². The molecule has 0 fully saturated rings. The van der Waals surface area contributed by atoms with Crippen LogP contribution in [0.5, 0.6) is 0 Å². The van der Waals surface area contributed by atoms with Gasteiger partial charge in [0.05, 0.1) is 6.61 Å². The first kappa shape index (κ1) is 13.9. The molecule has 0 atom stereocenters. The second kappa shape index (κ2) is 9.42. The van der Waals surface area contributed by atoms with Gasteiger partial charge in [-0.25, -0.2) is 0 Å². The highest BCUT2D eigenvalue weighted by atomic mass is 16.5. The summed E-state index contributed by atoms with van der Waals surface area (Å²) in [5, 5.41) is 2.66. The fourth-order valence-electron chi connectivity index (χ4n) is 0.951. The van der Waals surface area contributed by atoms with E-state index in [1.54, 1.807) is 0 Å². The number of ether oxygens (including phenoxy) is 1. The Labute approximate surface area is 89.3 Å². The third-order valence-corrected chi connectivity index (χ3v) is 1.67. The van der Waals surface area contributed by atoms with Gasteiger partial charge in [0.2, 0.25) is 11.8 Å². The second-order valence-corrected chi connectivity index (χ2v) is 3.11. The van der Waals surface area contributed by atoms with Crippen LogP contribution in [0.4, 0.5) is 0 Å². The van der Waals surface area contributed by atoms with Crippen molar-refractivity contribution in [2.75, 3.05) is 26.3 Å². The van der Waals surface area contributed by atoms with Gasteiger partial charge in [-0.3, -0.25) is 9.59 Å². The Morgan fingerprint density at radius 1 is 1.27 bits per heavy atom. The number of carbonyl (C=O) groups excluding carboxylic acids is 2. The van der Waals surface area contributed by atoms with E-state index in [1.807, 2.05) is 0 Å². The fraction of sp³-hybridized carbons (Fsp3) is 0.778. The molecule has 2 amide bonds. The highest BCUT2D eigenvalue weighted by Crippen LogP contribution is 1.92. The maximum absolute atomic E-state index is 11.0. The Balaban J connectivity index is 3.20. The van der Waals surface area contributed by atoms with Crippen LogP contribution in [0.2, 0.25) is 0 Å². The molecule has 0 aliphatic carbocycles. The predicted molar refractivity (Wildman–Crippen MR) is 55.9 cm³/mol. The minimum atomic E-state index is -0.312. The van der Waals surface area contributed by atoms with Crippen molar-refractivity contribution in [3.8, 4) is 0 Å². The Bertz CT molecular complexity index is 197. The second-order valence-electron chi connectivity index (χ2n) is 3.11. The summed E-state index contributed by atoms with van der Waals surface area (Å²) >= 11 is 0. The van der Waals surface area contributed by atoms with Crippen LogP contribution in [0.3, 0.4) is 0 Å². The average molecular weight is 217 g/mol. The van der Waals surface area contributed by atoms with Crippen LogP contribution in [0.15, 0.2) is 0 Å². The van der Waals surface area contributed by atoms with Crippen molar-refractivity contribution < 1.29 is 14.3 Å². The first-order chi connectivity index (χ1) is 7.16. The number of rotatable bonds is 9. The lowest BCUT2D eigenvalue weighted by molar-refractivity contribution is -0.125. The molecule has 0 aliphatic rings. The summed E-state index contributed by atoms with van der Waals surface area (Å²) in [5.41, 5.74) is 10.1. The van der Waals surface area contributed by atoms with Crippen molar-refractivity contribution in [1.82, 2.24) is 5.32 Å². The van der Waals surface area contributed by atoms with Gasteiger partial charge in [0.25, 0.3) is 0 Å². The monoisotopic (exact) mass is 217 g/mol. The van der Waals surface area contributed by atoms with E-state index in [9.17, 15) is 9.59 Å². The van der Waals surface area contributed by atoms with Crippen molar-refractivity contribution >= 4 is 11.8 Å². The van der Waals surface area contributed by atoms with Gasteiger partial charge in [0, 0.05) is 19.5 Å². The van der Waals surface area contributed by atoms with Crippen LogP contribution in [-0.4, -0.2) is 38.1 Å². The van der Waals surface area contributed by atoms with Gasteiger partial charge in [-0.1, -0.05) is 0 Å². The highest BCUT2D eigenvalue weighted by Gasteiger charge is 2.00. The predicted octanol–water partition coefficient (Wildman–Crippen LogP) is -1.27. The van der Waals surface area contributed by atoms with Gasteiger partial charge in [0.1, 0.15) is 6.61 Å². The zero-order chi connectivity index (χ0) is 11.5. The summed E-state index contributed by atoms with van der Waals surface area (Å²) in [6, 6.07) is 0. The first-order valence-electron chi connectivity index (χ1n) is 4.99. The molecule has 0 rings (SSSR count). The molecule has 0 saturated heterocycles. The Hall–Kier alpha value is -1.14. The SMILES string of the molecule is NCCOCC(=O)NCCCCC(N)=O. The summed E-state index contributed by atoms with van der Waals surface area (Å²) in [7, 11) is 0. The zero-order valence-corrected chi connectivity index (χ0v) is 8.83. The molecule has 0 heterocycles. The van der Waals surface area contributed by atoms with Crippen molar-refractivity contribution in [2.24, 2.45) is 11.5 Å². The smallest absolute Gasteiger partial charge is 0.245 e. The average Bonchev–Trinajstić information content (AvgIpc) is 2.17. The van der Waals surface area contributed by atoms with E-state index in [0.717, 1.165) is 6.42 Å². The number of amides is 2. The Morgan fingerprint density at radius 2 is 2.00 bits per heavy atom.